The van der Waals surface area contributed by atoms with E-state index in [0.29, 0.717) is 10.7 Å². The summed E-state index contributed by atoms with van der Waals surface area (Å²) >= 11 is 6.01. The number of aryl methyl sites for hydroxylation is 1. The van der Waals surface area contributed by atoms with Crippen LogP contribution in [-0.4, -0.2) is 0 Å². The summed E-state index contributed by atoms with van der Waals surface area (Å²) < 4.78 is 0. The van der Waals surface area contributed by atoms with Crippen molar-refractivity contribution in [2.24, 2.45) is 5.18 Å². The lowest BCUT2D eigenvalue weighted by Crippen LogP contribution is -1.95. The number of hydrogen-bond acceptors (Lipinski definition) is 2. The quantitative estimate of drug-likeness (QED) is 0.690. The standard InChI is InChI=1S/C11H14ClNO/c1-4-8-6-10(13-14)11(12)7(3)9(8)5-2/h6H,4-5H2,1-3H3. The molecule has 0 saturated heterocycles. The maximum Gasteiger partial charge on any atom is 0.127 e. The Labute approximate surface area is 89.3 Å². The van der Waals surface area contributed by atoms with Crippen LogP contribution in [0.25, 0.3) is 0 Å². The molecule has 1 rings (SSSR count). The molecular formula is C11H14ClNO. The van der Waals surface area contributed by atoms with Gasteiger partial charge in [0.25, 0.3) is 0 Å². The zero-order valence-corrected chi connectivity index (χ0v) is 9.48. The second-order valence-electron chi connectivity index (χ2n) is 3.27. The molecule has 14 heavy (non-hydrogen) atoms. The van der Waals surface area contributed by atoms with Crippen LogP contribution in [0.2, 0.25) is 5.02 Å². The molecule has 2 nitrogen and oxygen atoms in total. The maximum absolute atomic E-state index is 10.5. The minimum absolute atomic E-state index is 0.359. The highest BCUT2D eigenvalue weighted by molar-refractivity contribution is 6.33. The summed E-state index contributed by atoms with van der Waals surface area (Å²) in [6.45, 7) is 6.09. The molecule has 0 bridgehead atoms. The van der Waals surface area contributed by atoms with E-state index in [1.54, 1.807) is 6.07 Å². The molecule has 0 amide bonds. The number of rotatable bonds is 3. The fourth-order valence-corrected chi connectivity index (χ4v) is 1.96. The van der Waals surface area contributed by atoms with Gasteiger partial charge in [0, 0.05) is 0 Å². The van der Waals surface area contributed by atoms with Gasteiger partial charge in [0.15, 0.2) is 0 Å². The average molecular weight is 212 g/mol. The molecule has 0 radical (unpaired) electrons. The molecule has 0 aromatic heterocycles. The fraction of sp³-hybridized carbons (Fsp3) is 0.455. The predicted molar refractivity (Wildman–Crippen MR) is 60.4 cm³/mol. The van der Waals surface area contributed by atoms with Gasteiger partial charge in [0.05, 0.1) is 5.02 Å². The largest absolute Gasteiger partial charge is 0.145 e. The van der Waals surface area contributed by atoms with E-state index in [1.807, 2.05) is 6.92 Å². The van der Waals surface area contributed by atoms with Crippen LogP contribution in [-0.2, 0) is 12.8 Å². The van der Waals surface area contributed by atoms with E-state index in [4.69, 9.17) is 11.6 Å². The van der Waals surface area contributed by atoms with Crippen molar-refractivity contribution in [3.63, 3.8) is 0 Å². The molecule has 3 heteroatoms. The van der Waals surface area contributed by atoms with Crippen molar-refractivity contribution in [3.05, 3.63) is 32.7 Å². The number of nitroso groups, excluding NO2 is 1. The van der Waals surface area contributed by atoms with Gasteiger partial charge in [-0.2, -0.15) is 0 Å². The van der Waals surface area contributed by atoms with Gasteiger partial charge < -0.3 is 0 Å². The van der Waals surface area contributed by atoms with E-state index in [2.05, 4.69) is 19.0 Å². The second-order valence-corrected chi connectivity index (χ2v) is 3.65. The van der Waals surface area contributed by atoms with Crippen LogP contribution in [0, 0.1) is 11.8 Å². The third-order valence-electron chi connectivity index (χ3n) is 2.54. The summed E-state index contributed by atoms with van der Waals surface area (Å²) in [5.41, 5.74) is 3.76. The summed E-state index contributed by atoms with van der Waals surface area (Å²) in [6.07, 6.45) is 1.84. The van der Waals surface area contributed by atoms with E-state index < -0.39 is 0 Å². The van der Waals surface area contributed by atoms with Crippen molar-refractivity contribution in [2.45, 2.75) is 33.6 Å². The first kappa shape index (κ1) is 11.2. The van der Waals surface area contributed by atoms with Gasteiger partial charge in [0.1, 0.15) is 5.69 Å². The zero-order valence-electron chi connectivity index (χ0n) is 8.72. The van der Waals surface area contributed by atoms with Gasteiger partial charge in [-0.1, -0.05) is 25.4 Å². The van der Waals surface area contributed by atoms with Crippen molar-refractivity contribution in [1.82, 2.24) is 0 Å². The highest BCUT2D eigenvalue weighted by atomic mass is 35.5. The summed E-state index contributed by atoms with van der Waals surface area (Å²) in [5, 5.41) is 3.43. The van der Waals surface area contributed by atoms with Crippen molar-refractivity contribution in [1.29, 1.82) is 0 Å². The van der Waals surface area contributed by atoms with Crippen LogP contribution in [0.4, 0.5) is 5.69 Å². The van der Waals surface area contributed by atoms with Crippen LogP contribution in [0.1, 0.15) is 30.5 Å². The van der Waals surface area contributed by atoms with Crippen LogP contribution in [0.5, 0.6) is 0 Å². The Balaban J connectivity index is 3.45. The molecule has 1 aromatic carbocycles. The first-order valence-electron chi connectivity index (χ1n) is 4.79. The Kier molecular flexibility index (Phi) is 3.64. The number of nitrogens with zero attached hydrogens (tertiary/aromatic N) is 1. The highest BCUT2D eigenvalue weighted by Gasteiger charge is 2.11. The molecule has 0 N–H and O–H groups in total. The Hall–Kier alpha value is -0.890. The predicted octanol–water partition coefficient (Wildman–Crippen LogP) is 4.17. The summed E-state index contributed by atoms with van der Waals surface area (Å²) in [7, 11) is 0. The normalized spacial score (nSPS) is 10.3. The SMILES string of the molecule is CCc1cc(N=O)c(Cl)c(C)c1CC. The fourth-order valence-electron chi connectivity index (χ4n) is 1.76. The lowest BCUT2D eigenvalue weighted by Gasteiger charge is -2.12. The van der Waals surface area contributed by atoms with Crippen molar-refractivity contribution in [3.8, 4) is 0 Å². The zero-order chi connectivity index (χ0) is 10.7. The maximum atomic E-state index is 10.5. The Morgan fingerprint density at radius 3 is 2.43 bits per heavy atom. The first-order valence-corrected chi connectivity index (χ1v) is 5.17. The summed E-state index contributed by atoms with van der Waals surface area (Å²) in [6, 6.07) is 1.79. The molecule has 0 aliphatic rings. The average Bonchev–Trinajstić information content (AvgIpc) is 2.21. The van der Waals surface area contributed by atoms with E-state index in [-0.39, 0.29) is 0 Å². The first-order chi connectivity index (χ1) is 6.65. The van der Waals surface area contributed by atoms with Gasteiger partial charge in [0.2, 0.25) is 0 Å². The Morgan fingerprint density at radius 2 is 2.00 bits per heavy atom. The van der Waals surface area contributed by atoms with Crippen molar-refractivity contribution >= 4 is 17.3 Å². The lowest BCUT2D eigenvalue weighted by molar-refractivity contribution is 1.02. The van der Waals surface area contributed by atoms with Gasteiger partial charge in [-0.3, -0.25) is 0 Å². The van der Waals surface area contributed by atoms with Gasteiger partial charge >= 0.3 is 0 Å². The van der Waals surface area contributed by atoms with E-state index in [9.17, 15) is 4.91 Å². The van der Waals surface area contributed by atoms with Crippen LogP contribution in [0.15, 0.2) is 11.2 Å². The van der Waals surface area contributed by atoms with Gasteiger partial charge in [-0.15, -0.1) is 4.91 Å². The third kappa shape index (κ3) is 1.80. The van der Waals surface area contributed by atoms with Crippen LogP contribution in [0.3, 0.4) is 0 Å². The molecule has 0 fully saturated rings. The molecular weight excluding hydrogens is 198 g/mol. The van der Waals surface area contributed by atoms with Crippen LogP contribution >= 0.6 is 11.6 Å². The number of hydrogen-bond donors (Lipinski definition) is 0. The lowest BCUT2D eigenvalue weighted by atomic mass is 9.97. The molecule has 0 aliphatic carbocycles. The molecule has 0 heterocycles. The highest BCUT2D eigenvalue weighted by Crippen LogP contribution is 2.33. The second kappa shape index (κ2) is 4.56. The molecule has 0 saturated carbocycles. The topological polar surface area (TPSA) is 29.4 Å². The van der Waals surface area contributed by atoms with Gasteiger partial charge in [-0.25, -0.2) is 0 Å². The molecule has 0 atom stereocenters. The van der Waals surface area contributed by atoms with E-state index in [1.165, 1.54) is 11.1 Å². The van der Waals surface area contributed by atoms with Gasteiger partial charge in [-0.05, 0) is 47.7 Å². The van der Waals surface area contributed by atoms with Crippen molar-refractivity contribution < 1.29 is 0 Å². The molecule has 0 aliphatic heterocycles. The number of halogens is 1. The van der Waals surface area contributed by atoms with Crippen LogP contribution < -0.4 is 0 Å². The van der Waals surface area contributed by atoms with Crippen molar-refractivity contribution in [2.75, 3.05) is 0 Å². The Bertz CT molecular complexity index is 361. The molecule has 76 valence electrons. The smallest absolute Gasteiger partial charge is 0.127 e. The monoisotopic (exact) mass is 211 g/mol. The van der Waals surface area contributed by atoms with E-state index >= 15 is 0 Å². The minimum atomic E-state index is 0.359. The summed E-state index contributed by atoms with van der Waals surface area (Å²) in [4.78, 5) is 10.5. The summed E-state index contributed by atoms with van der Waals surface area (Å²) in [5.74, 6) is 0. The molecule has 0 spiro atoms. The molecule has 1 aromatic rings. The third-order valence-corrected chi connectivity index (χ3v) is 3.02. The minimum Gasteiger partial charge on any atom is -0.145 e. The Morgan fingerprint density at radius 1 is 1.36 bits per heavy atom. The molecule has 0 unspecified atom stereocenters. The number of benzene rings is 1. The van der Waals surface area contributed by atoms with E-state index in [0.717, 1.165) is 18.4 Å².